The molecule has 3 aromatic heterocycles. The standard InChI is InChI=1S/2C20H24N4O.C17H19IN4.CH4/c1-15(13-25)17-7-5-16(6-8-17)12-24(14-20(2,3)4)19-9-10-22-18(11-21)23-19;1-20(2,3)15-24(19-10-11-22-18(13-21)23-19)14-17-8-6-16(7-9-17)5-4-12-25;1-17(2,3)12-22(11-13-4-6-14(18)7-5-13)16-8-9-20-15(10-19)21-16;/h5-10,13,15H,12,14H2,1-4H3;6-12H,4-5,14-15H2,1-3H3;4-9H,11-12H2,1-3H3;1H4. The second kappa shape index (κ2) is 28.8. The second-order valence-electron chi connectivity index (χ2n) is 21.1. The van der Waals surface area contributed by atoms with Gasteiger partial charge in [-0.05, 0) is 103 Å². The highest BCUT2D eigenvalue weighted by molar-refractivity contribution is 14.1. The van der Waals surface area contributed by atoms with Crippen LogP contribution in [0.5, 0.6) is 0 Å². The molecule has 6 rings (SSSR count). The van der Waals surface area contributed by atoms with Gasteiger partial charge >= 0.3 is 0 Å². The molecular weight excluding hydrogens is 1020 g/mol. The first kappa shape index (κ1) is 60.1. The van der Waals surface area contributed by atoms with E-state index in [9.17, 15) is 9.59 Å². The van der Waals surface area contributed by atoms with Crippen molar-refractivity contribution in [3.63, 3.8) is 0 Å². The van der Waals surface area contributed by atoms with Crippen LogP contribution in [0.2, 0.25) is 0 Å². The highest BCUT2D eigenvalue weighted by Gasteiger charge is 2.22. The monoisotopic (exact) mass is 1090 g/mol. The summed E-state index contributed by atoms with van der Waals surface area (Å²) in [5.74, 6) is 2.75. The van der Waals surface area contributed by atoms with E-state index in [1.165, 1.54) is 9.13 Å². The number of hydrogen-bond donors (Lipinski definition) is 0. The van der Waals surface area contributed by atoms with Crippen LogP contribution in [0.3, 0.4) is 0 Å². The third kappa shape index (κ3) is 22.0. The molecule has 382 valence electrons. The first-order valence-corrected chi connectivity index (χ1v) is 24.9. The van der Waals surface area contributed by atoms with Gasteiger partial charge in [-0.25, -0.2) is 29.9 Å². The molecule has 3 aromatic carbocycles. The van der Waals surface area contributed by atoms with Crippen LogP contribution < -0.4 is 14.7 Å². The van der Waals surface area contributed by atoms with E-state index in [-0.39, 0.29) is 47.1 Å². The Morgan fingerprint density at radius 2 is 0.836 bits per heavy atom. The van der Waals surface area contributed by atoms with Crippen molar-refractivity contribution in [2.24, 2.45) is 16.2 Å². The highest BCUT2D eigenvalue weighted by atomic mass is 127. The summed E-state index contributed by atoms with van der Waals surface area (Å²) in [5, 5.41) is 27.1. The molecule has 0 bridgehead atoms. The molecule has 73 heavy (non-hydrogen) atoms. The van der Waals surface area contributed by atoms with Crippen LogP contribution in [0.1, 0.15) is 134 Å². The van der Waals surface area contributed by atoms with E-state index in [1.54, 1.807) is 18.6 Å². The maximum Gasteiger partial charge on any atom is 0.234 e. The van der Waals surface area contributed by atoms with Gasteiger partial charge in [0, 0.05) is 73.8 Å². The summed E-state index contributed by atoms with van der Waals surface area (Å²) in [6.07, 6.45) is 8.10. The minimum Gasteiger partial charge on any atom is -0.352 e. The zero-order chi connectivity index (χ0) is 52.9. The minimum atomic E-state index is -0.0974. The Morgan fingerprint density at radius 3 is 1.14 bits per heavy atom. The fourth-order valence-electron chi connectivity index (χ4n) is 7.40. The first-order chi connectivity index (χ1) is 34.1. The van der Waals surface area contributed by atoms with Crippen LogP contribution >= 0.6 is 22.6 Å². The molecule has 15 heteroatoms. The fourth-order valence-corrected chi connectivity index (χ4v) is 7.76. The number of aryl methyl sites for hydroxylation is 1. The van der Waals surface area contributed by atoms with Gasteiger partial charge in [-0.2, -0.15) is 15.8 Å². The lowest BCUT2D eigenvalue weighted by Gasteiger charge is -2.31. The van der Waals surface area contributed by atoms with Gasteiger partial charge < -0.3 is 24.3 Å². The van der Waals surface area contributed by atoms with E-state index < -0.39 is 0 Å². The lowest BCUT2D eigenvalue weighted by atomic mass is 9.95. The number of benzene rings is 3. The molecule has 0 aliphatic heterocycles. The van der Waals surface area contributed by atoms with E-state index in [4.69, 9.17) is 15.8 Å². The summed E-state index contributed by atoms with van der Waals surface area (Å²) in [4.78, 5) is 52.8. The van der Waals surface area contributed by atoms with Crippen molar-refractivity contribution in [1.29, 1.82) is 15.8 Å². The van der Waals surface area contributed by atoms with Gasteiger partial charge in [-0.1, -0.05) is 137 Å². The minimum absolute atomic E-state index is 0. The van der Waals surface area contributed by atoms with Gasteiger partial charge in [0.1, 0.15) is 48.2 Å². The molecule has 0 fully saturated rings. The smallest absolute Gasteiger partial charge is 0.234 e. The Labute approximate surface area is 447 Å². The van der Waals surface area contributed by atoms with Gasteiger partial charge in [0.25, 0.3) is 0 Å². The normalized spacial score (nSPS) is 11.3. The quantitative estimate of drug-likeness (QED) is 0.0618. The maximum absolute atomic E-state index is 10.9. The molecule has 0 aliphatic rings. The Hall–Kier alpha value is -7.16. The van der Waals surface area contributed by atoms with Crippen LogP contribution in [-0.2, 0) is 35.6 Å². The lowest BCUT2D eigenvalue weighted by Crippen LogP contribution is -2.33. The van der Waals surface area contributed by atoms with Crippen molar-refractivity contribution in [2.45, 2.75) is 115 Å². The Balaban J connectivity index is 0.000000288. The molecule has 0 N–H and O–H groups in total. The van der Waals surface area contributed by atoms with Gasteiger partial charge in [0.15, 0.2) is 0 Å². The lowest BCUT2D eigenvalue weighted by molar-refractivity contribution is -0.109. The molecule has 3 heterocycles. The molecule has 14 nitrogen and oxygen atoms in total. The number of aldehydes is 2. The van der Waals surface area contributed by atoms with E-state index in [2.05, 4.69) is 178 Å². The largest absolute Gasteiger partial charge is 0.352 e. The number of nitriles is 3. The zero-order valence-electron chi connectivity index (χ0n) is 43.3. The molecule has 0 spiro atoms. The molecule has 0 amide bonds. The Morgan fingerprint density at radius 1 is 0.521 bits per heavy atom. The number of rotatable bonds is 17. The van der Waals surface area contributed by atoms with Gasteiger partial charge in [-0.15, -0.1) is 0 Å². The molecule has 1 atom stereocenters. The highest BCUT2D eigenvalue weighted by Crippen LogP contribution is 2.26. The summed E-state index contributed by atoms with van der Waals surface area (Å²) in [6, 6.07) is 36.3. The SMILES string of the molecule is C.CC(C)(C)CN(Cc1ccc(CCC=O)cc1)c1ccnc(C#N)n1.CC(C)(C)CN(Cc1ccc(I)cc1)c1ccnc(C#N)n1.CC(C=O)c1ccc(CN(CC(C)(C)C)c2ccnc(C#N)n2)cc1. The summed E-state index contributed by atoms with van der Waals surface area (Å²) in [6.45, 7) is 26.1. The molecule has 1 unspecified atom stereocenters. The average Bonchev–Trinajstić information content (AvgIpc) is 3.35. The first-order valence-electron chi connectivity index (χ1n) is 23.8. The van der Waals surface area contributed by atoms with Crippen molar-refractivity contribution >= 4 is 52.6 Å². The summed E-state index contributed by atoms with van der Waals surface area (Å²) >= 11 is 2.30. The van der Waals surface area contributed by atoms with Crippen molar-refractivity contribution < 1.29 is 9.59 Å². The predicted octanol–water partition coefficient (Wildman–Crippen LogP) is 11.9. The van der Waals surface area contributed by atoms with Gasteiger partial charge in [0.2, 0.25) is 17.5 Å². The number of nitrogens with zero attached hydrogens (tertiary/aromatic N) is 12. The van der Waals surface area contributed by atoms with E-state index >= 15 is 0 Å². The number of halogens is 1. The van der Waals surface area contributed by atoms with Crippen LogP contribution in [-0.4, -0.2) is 62.1 Å². The molecule has 0 radical (unpaired) electrons. The molecule has 0 saturated heterocycles. The number of anilines is 3. The van der Waals surface area contributed by atoms with Gasteiger partial charge in [-0.3, -0.25) is 0 Å². The molecule has 0 aliphatic carbocycles. The van der Waals surface area contributed by atoms with Crippen molar-refractivity contribution in [1.82, 2.24) is 29.9 Å². The summed E-state index contributed by atoms with van der Waals surface area (Å²) < 4.78 is 1.22. The zero-order valence-corrected chi connectivity index (χ0v) is 45.5. The fraction of sp³-hybridized carbons (Fsp3) is 0.397. The Kier molecular flexibility index (Phi) is 23.7. The van der Waals surface area contributed by atoms with E-state index in [0.29, 0.717) is 19.5 Å². The van der Waals surface area contributed by atoms with Crippen LogP contribution in [0.4, 0.5) is 17.5 Å². The van der Waals surface area contributed by atoms with E-state index in [1.807, 2.05) is 67.6 Å². The third-order valence-electron chi connectivity index (χ3n) is 10.5. The summed E-state index contributed by atoms with van der Waals surface area (Å²) in [5.41, 5.74) is 5.97. The van der Waals surface area contributed by atoms with Crippen molar-refractivity contribution in [3.05, 3.63) is 158 Å². The predicted molar refractivity (Wildman–Crippen MR) is 299 cm³/mol. The average molecular weight is 1100 g/mol. The topological polar surface area (TPSA) is 193 Å². The molecule has 0 saturated carbocycles. The Bertz CT molecular complexity index is 2780. The molecule has 6 aromatic rings. The number of aromatic nitrogens is 6. The third-order valence-corrected chi connectivity index (χ3v) is 11.2. The van der Waals surface area contributed by atoms with E-state index in [0.717, 1.165) is 84.9 Å². The van der Waals surface area contributed by atoms with Gasteiger partial charge in [0.05, 0.1) is 0 Å². The number of hydrogen-bond acceptors (Lipinski definition) is 14. The van der Waals surface area contributed by atoms with Crippen LogP contribution in [0.15, 0.2) is 110 Å². The number of carbonyl (C=O) groups excluding carboxylic acids is 2. The number of carbonyl (C=O) groups is 2. The maximum atomic E-state index is 10.9. The second-order valence-corrected chi connectivity index (χ2v) is 22.4. The van der Waals surface area contributed by atoms with Crippen molar-refractivity contribution in [2.75, 3.05) is 34.3 Å². The van der Waals surface area contributed by atoms with Crippen molar-refractivity contribution in [3.8, 4) is 18.2 Å². The van der Waals surface area contributed by atoms with Crippen LogP contribution in [0, 0.1) is 53.8 Å². The van der Waals surface area contributed by atoms with Crippen LogP contribution in [0.25, 0.3) is 0 Å². The molecular formula is C58H71IN12O2. The summed E-state index contributed by atoms with van der Waals surface area (Å²) in [7, 11) is 0.